The van der Waals surface area contributed by atoms with Crippen molar-refractivity contribution >= 4 is 18.3 Å². The summed E-state index contributed by atoms with van der Waals surface area (Å²) in [5, 5.41) is 3.09. The minimum Gasteiger partial charge on any atom is -0.342 e. The van der Waals surface area contributed by atoms with Crippen molar-refractivity contribution in [1.82, 2.24) is 10.2 Å². The zero-order valence-electron chi connectivity index (χ0n) is 13.0. The van der Waals surface area contributed by atoms with Gasteiger partial charge in [-0.25, -0.2) is 0 Å². The highest BCUT2D eigenvalue weighted by Gasteiger charge is 2.34. The first-order valence-electron chi connectivity index (χ1n) is 7.49. The van der Waals surface area contributed by atoms with Crippen LogP contribution >= 0.6 is 12.4 Å². The number of carbonyl (C=O) groups is 1. The first-order chi connectivity index (χ1) is 10.4. The molecule has 1 N–H and O–H groups in total. The standard InChI is InChI=1S/C16H21F3N2O.ClH/c1-20-10-12-5-4-8-21(11-12)15(22)9-13-6-2-3-7-14(13)16(17,18)19;/h2-3,6-7,12,20H,4-5,8-11H2,1H3;1H. The van der Waals surface area contributed by atoms with Crippen LogP contribution in [0.5, 0.6) is 0 Å². The van der Waals surface area contributed by atoms with Gasteiger partial charge in [0.25, 0.3) is 0 Å². The third-order valence-electron chi connectivity index (χ3n) is 4.03. The molecule has 1 aliphatic heterocycles. The van der Waals surface area contributed by atoms with Gasteiger partial charge in [0, 0.05) is 13.1 Å². The van der Waals surface area contributed by atoms with Crippen LogP contribution in [-0.2, 0) is 17.4 Å². The van der Waals surface area contributed by atoms with Crippen molar-refractivity contribution in [2.75, 3.05) is 26.7 Å². The van der Waals surface area contributed by atoms with Crippen LogP contribution < -0.4 is 5.32 Å². The third-order valence-corrected chi connectivity index (χ3v) is 4.03. The van der Waals surface area contributed by atoms with Gasteiger partial charge in [-0.2, -0.15) is 13.2 Å². The normalized spacial score (nSPS) is 18.4. The third kappa shape index (κ3) is 5.39. The second-order valence-corrected chi connectivity index (χ2v) is 5.74. The average Bonchev–Trinajstić information content (AvgIpc) is 2.47. The molecule has 3 nitrogen and oxygen atoms in total. The topological polar surface area (TPSA) is 32.3 Å². The number of rotatable bonds is 4. The zero-order chi connectivity index (χ0) is 16.2. The summed E-state index contributed by atoms with van der Waals surface area (Å²) >= 11 is 0. The number of nitrogens with zero attached hydrogens (tertiary/aromatic N) is 1. The molecule has 1 aromatic carbocycles. The molecule has 0 saturated carbocycles. The van der Waals surface area contributed by atoms with Crippen molar-refractivity contribution in [2.45, 2.75) is 25.4 Å². The van der Waals surface area contributed by atoms with Gasteiger partial charge < -0.3 is 10.2 Å². The Hall–Kier alpha value is -1.27. The molecular formula is C16H22ClF3N2O. The number of nitrogens with one attached hydrogen (secondary N) is 1. The maximum atomic E-state index is 13.0. The van der Waals surface area contributed by atoms with Crippen LogP contribution in [0.3, 0.4) is 0 Å². The molecule has 7 heteroatoms. The van der Waals surface area contributed by atoms with Crippen molar-refractivity contribution < 1.29 is 18.0 Å². The molecule has 1 aliphatic rings. The van der Waals surface area contributed by atoms with E-state index in [0.29, 0.717) is 19.0 Å². The van der Waals surface area contributed by atoms with E-state index in [1.165, 1.54) is 18.2 Å². The summed E-state index contributed by atoms with van der Waals surface area (Å²) in [6, 6.07) is 5.30. The molecule has 1 aromatic rings. The predicted octanol–water partition coefficient (Wildman–Crippen LogP) is 3.13. The van der Waals surface area contributed by atoms with Crippen molar-refractivity contribution in [3.8, 4) is 0 Å². The van der Waals surface area contributed by atoms with Gasteiger partial charge in [-0.1, -0.05) is 18.2 Å². The number of amides is 1. The zero-order valence-corrected chi connectivity index (χ0v) is 13.8. The number of hydrogen-bond acceptors (Lipinski definition) is 2. The second kappa shape index (κ2) is 8.55. The molecule has 1 unspecified atom stereocenters. The van der Waals surface area contributed by atoms with E-state index in [9.17, 15) is 18.0 Å². The number of halogens is 4. The van der Waals surface area contributed by atoms with E-state index in [-0.39, 0.29) is 30.3 Å². The first kappa shape index (κ1) is 19.8. The minimum atomic E-state index is -4.42. The Labute approximate surface area is 140 Å². The Bertz CT molecular complexity index is 520. The van der Waals surface area contributed by atoms with Crippen LogP contribution in [0.2, 0.25) is 0 Å². The highest BCUT2D eigenvalue weighted by molar-refractivity contribution is 5.85. The molecule has 1 fully saturated rings. The van der Waals surface area contributed by atoms with Gasteiger partial charge in [0.2, 0.25) is 5.91 Å². The summed E-state index contributed by atoms with van der Waals surface area (Å²) in [4.78, 5) is 14.0. The number of piperidine rings is 1. The van der Waals surface area contributed by atoms with Crippen molar-refractivity contribution in [3.05, 3.63) is 35.4 Å². The van der Waals surface area contributed by atoms with Crippen molar-refractivity contribution in [1.29, 1.82) is 0 Å². The lowest BCUT2D eigenvalue weighted by Gasteiger charge is -2.33. The fourth-order valence-corrected chi connectivity index (χ4v) is 2.97. The summed E-state index contributed by atoms with van der Waals surface area (Å²) in [5.41, 5.74) is -0.664. The quantitative estimate of drug-likeness (QED) is 0.905. The summed E-state index contributed by atoms with van der Waals surface area (Å²) in [5.74, 6) is 0.151. The van der Waals surface area contributed by atoms with Crippen LogP contribution in [0, 0.1) is 5.92 Å². The molecule has 1 atom stereocenters. The van der Waals surface area contributed by atoms with Gasteiger partial charge in [0.15, 0.2) is 0 Å². The molecule has 0 aliphatic carbocycles. The summed E-state index contributed by atoms with van der Waals surface area (Å²) < 4.78 is 38.9. The number of carbonyl (C=O) groups excluding carboxylic acids is 1. The lowest BCUT2D eigenvalue weighted by Crippen LogP contribution is -2.43. The first-order valence-corrected chi connectivity index (χ1v) is 7.49. The van der Waals surface area contributed by atoms with E-state index < -0.39 is 11.7 Å². The van der Waals surface area contributed by atoms with E-state index in [4.69, 9.17) is 0 Å². The van der Waals surface area contributed by atoms with E-state index in [2.05, 4.69) is 5.32 Å². The van der Waals surface area contributed by atoms with E-state index in [1.54, 1.807) is 4.90 Å². The lowest BCUT2D eigenvalue weighted by molar-refractivity contribution is -0.138. The van der Waals surface area contributed by atoms with E-state index in [1.807, 2.05) is 7.05 Å². The minimum absolute atomic E-state index is 0. The number of benzene rings is 1. The van der Waals surface area contributed by atoms with Crippen LogP contribution in [0.15, 0.2) is 24.3 Å². The van der Waals surface area contributed by atoms with Gasteiger partial charge in [0.05, 0.1) is 12.0 Å². The molecule has 1 heterocycles. The molecule has 23 heavy (non-hydrogen) atoms. The monoisotopic (exact) mass is 350 g/mol. The molecule has 0 spiro atoms. The lowest BCUT2D eigenvalue weighted by atomic mass is 9.97. The highest BCUT2D eigenvalue weighted by Crippen LogP contribution is 2.32. The Kier molecular flexibility index (Phi) is 7.35. The van der Waals surface area contributed by atoms with Crippen molar-refractivity contribution in [2.24, 2.45) is 5.92 Å². The molecular weight excluding hydrogens is 329 g/mol. The largest absolute Gasteiger partial charge is 0.416 e. The Morgan fingerprint density at radius 2 is 2.04 bits per heavy atom. The van der Waals surface area contributed by atoms with Crippen LogP contribution in [-0.4, -0.2) is 37.5 Å². The van der Waals surface area contributed by atoms with Gasteiger partial charge >= 0.3 is 6.18 Å². The van der Waals surface area contributed by atoms with E-state index in [0.717, 1.165) is 25.5 Å². The maximum absolute atomic E-state index is 13.0. The maximum Gasteiger partial charge on any atom is 0.416 e. The smallest absolute Gasteiger partial charge is 0.342 e. The van der Waals surface area contributed by atoms with Crippen LogP contribution in [0.25, 0.3) is 0 Å². The molecule has 0 bridgehead atoms. The molecule has 1 saturated heterocycles. The number of hydrogen-bond donors (Lipinski definition) is 1. The number of likely N-dealkylation sites (tertiary alicyclic amines) is 1. The van der Waals surface area contributed by atoms with Gasteiger partial charge in [-0.3, -0.25) is 4.79 Å². The Morgan fingerprint density at radius 3 is 2.70 bits per heavy atom. The molecule has 0 radical (unpaired) electrons. The average molecular weight is 351 g/mol. The summed E-state index contributed by atoms with van der Waals surface area (Å²) in [7, 11) is 1.86. The molecule has 0 aromatic heterocycles. The molecule has 2 rings (SSSR count). The molecule has 130 valence electrons. The highest BCUT2D eigenvalue weighted by atomic mass is 35.5. The summed E-state index contributed by atoms with van der Waals surface area (Å²) in [6.07, 6.45) is -2.67. The van der Waals surface area contributed by atoms with E-state index >= 15 is 0 Å². The van der Waals surface area contributed by atoms with Gasteiger partial charge in [-0.15, -0.1) is 12.4 Å². The fraction of sp³-hybridized carbons (Fsp3) is 0.562. The van der Waals surface area contributed by atoms with Crippen LogP contribution in [0.1, 0.15) is 24.0 Å². The fourth-order valence-electron chi connectivity index (χ4n) is 2.97. The van der Waals surface area contributed by atoms with Gasteiger partial charge in [-0.05, 0) is 44.0 Å². The SMILES string of the molecule is CNCC1CCCN(C(=O)Cc2ccccc2C(F)(F)F)C1.Cl. The Morgan fingerprint density at radius 1 is 1.35 bits per heavy atom. The second-order valence-electron chi connectivity index (χ2n) is 5.74. The molecule has 1 amide bonds. The van der Waals surface area contributed by atoms with Gasteiger partial charge in [0.1, 0.15) is 0 Å². The number of alkyl halides is 3. The Balaban J connectivity index is 0.00000264. The predicted molar refractivity (Wildman–Crippen MR) is 85.6 cm³/mol. The summed E-state index contributed by atoms with van der Waals surface area (Å²) in [6.45, 7) is 2.07. The van der Waals surface area contributed by atoms with Crippen molar-refractivity contribution in [3.63, 3.8) is 0 Å². The van der Waals surface area contributed by atoms with Crippen LogP contribution in [0.4, 0.5) is 13.2 Å².